The Bertz CT molecular complexity index is 167. The first-order valence-corrected chi connectivity index (χ1v) is 10.9. The van der Waals surface area contributed by atoms with Crippen LogP contribution in [0.15, 0.2) is 0 Å². The Morgan fingerprint density at radius 1 is 0.500 bits per heavy atom. The number of unbranched alkanes of at least 4 members (excludes halogenated alkanes) is 13. The van der Waals surface area contributed by atoms with E-state index in [1.807, 2.05) is 0 Å². The highest BCUT2D eigenvalue weighted by Gasteiger charge is 1.93. The van der Waals surface area contributed by atoms with Gasteiger partial charge in [0.1, 0.15) is 0 Å². The van der Waals surface area contributed by atoms with Crippen molar-refractivity contribution >= 4 is 15.9 Å². The van der Waals surface area contributed by atoms with E-state index in [0.29, 0.717) is 0 Å². The Labute approximate surface area is 151 Å². The van der Waals surface area contributed by atoms with Crippen molar-refractivity contribution in [3.05, 3.63) is 0 Å². The maximum Gasteiger partial charge on any atom is 0.0675 e. The lowest BCUT2D eigenvalue weighted by Gasteiger charge is -2.14. The first kappa shape index (κ1) is 24.7. The highest BCUT2D eigenvalue weighted by atomic mass is 79.9. The number of quaternary nitrogens is 1. The van der Waals surface area contributed by atoms with Crippen LogP contribution in [0.4, 0.5) is 0 Å². The Hall–Kier alpha value is 0.440. The van der Waals surface area contributed by atoms with Crippen molar-refractivity contribution in [2.75, 3.05) is 33.5 Å². The third kappa shape index (κ3) is 37.0. The van der Waals surface area contributed by atoms with Crippen molar-refractivity contribution in [3.8, 4) is 0 Å². The van der Waals surface area contributed by atoms with Crippen LogP contribution in [0.25, 0.3) is 0 Å². The number of rotatable bonds is 14. The molecule has 1 nitrogen and oxygen atoms in total. The summed E-state index contributed by atoms with van der Waals surface area (Å²) in [6.07, 6.45) is 20.3. The molecule has 0 saturated heterocycles. The Morgan fingerprint density at radius 2 is 0.727 bits per heavy atom. The van der Waals surface area contributed by atoms with Crippen molar-refractivity contribution in [2.24, 2.45) is 0 Å². The zero-order valence-electron chi connectivity index (χ0n) is 16.4. The molecule has 0 heterocycles. The molecule has 0 atom stereocenters. The quantitative estimate of drug-likeness (QED) is 0.170. The fourth-order valence-electron chi connectivity index (χ4n) is 2.29. The SMILES string of the molecule is CCCCCCCCCCCCCCCCBr.C[N+](C)(C)C. The first-order chi connectivity index (χ1) is 10.4. The fourth-order valence-corrected chi connectivity index (χ4v) is 2.69. The normalized spacial score (nSPS) is 11.2. The monoisotopic (exact) mass is 378 g/mol. The summed E-state index contributed by atoms with van der Waals surface area (Å²) in [5, 5.41) is 1.19. The van der Waals surface area contributed by atoms with Crippen LogP contribution >= 0.6 is 15.9 Å². The molecule has 0 spiro atoms. The predicted molar refractivity (Wildman–Crippen MR) is 108 cm³/mol. The van der Waals surface area contributed by atoms with Gasteiger partial charge in [-0.15, -0.1) is 0 Å². The maximum atomic E-state index is 3.48. The molecule has 0 aliphatic carbocycles. The molecule has 0 bridgehead atoms. The molecule has 0 aromatic heterocycles. The average molecular weight is 379 g/mol. The van der Waals surface area contributed by atoms with E-state index in [4.69, 9.17) is 0 Å². The summed E-state index contributed by atoms with van der Waals surface area (Å²) >= 11 is 3.48. The molecule has 136 valence electrons. The summed E-state index contributed by atoms with van der Waals surface area (Å²) in [6, 6.07) is 0. The minimum absolute atomic E-state index is 1.00. The summed E-state index contributed by atoms with van der Waals surface area (Å²) < 4.78 is 1.00. The summed E-state index contributed by atoms with van der Waals surface area (Å²) in [4.78, 5) is 0. The molecule has 0 aromatic rings. The summed E-state index contributed by atoms with van der Waals surface area (Å²) in [5.41, 5.74) is 0. The highest BCUT2D eigenvalue weighted by Crippen LogP contribution is 2.12. The molecule has 0 amide bonds. The number of nitrogens with zero attached hydrogens (tertiary/aromatic N) is 1. The largest absolute Gasteiger partial charge is 0.333 e. The average Bonchev–Trinajstić information content (AvgIpc) is 2.42. The van der Waals surface area contributed by atoms with Gasteiger partial charge in [0.15, 0.2) is 0 Å². The van der Waals surface area contributed by atoms with Crippen LogP contribution in [0.3, 0.4) is 0 Å². The van der Waals surface area contributed by atoms with Gasteiger partial charge in [0, 0.05) is 5.33 Å². The molecule has 0 aliphatic heterocycles. The molecule has 0 fully saturated rings. The zero-order chi connectivity index (χ0) is 17.1. The number of hydrogen-bond acceptors (Lipinski definition) is 0. The van der Waals surface area contributed by atoms with Gasteiger partial charge in [-0.25, -0.2) is 0 Å². The number of hydrogen-bond donors (Lipinski definition) is 0. The van der Waals surface area contributed by atoms with Gasteiger partial charge >= 0.3 is 0 Å². The molecular weight excluding hydrogens is 334 g/mol. The van der Waals surface area contributed by atoms with Crippen molar-refractivity contribution < 1.29 is 4.48 Å². The van der Waals surface area contributed by atoms with E-state index >= 15 is 0 Å². The van der Waals surface area contributed by atoms with Crippen LogP contribution in [0, 0.1) is 0 Å². The van der Waals surface area contributed by atoms with E-state index in [0.717, 1.165) is 4.48 Å². The van der Waals surface area contributed by atoms with Gasteiger partial charge in [0.25, 0.3) is 0 Å². The maximum absolute atomic E-state index is 3.48. The lowest BCUT2D eigenvalue weighted by Crippen LogP contribution is -2.27. The Balaban J connectivity index is 0. The Morgan fingerprint density at radius 3 is 0.955 bits per heavy atom. The molecule has 0 unspecified atom stereocenters. The number of alkyl halides is 1. The molecular formula is C20H45BrN+. The van der Waals surface area contributed by atoms with Crippen LogP contribution in [0.1, 0.15) is 96.8 Å². The van der Waals surface area contributed by atoms with Crippen LogP contribution in [0.2, 0.25) is 0 Å². The summed E-state index contributed by atoms with van der Waals surface area (Å²) in [7, 11) is 8.50. The minimum atomic E-state index is 1.00. The van der Waals surface area contributed by atoms with Crippen molar-refractivity contribution in [1.82, 2.24) is 0 Å². The standard InChI is InChI=1S/C16H33Br.C4H12N/c1-2-3-4-5-6-7-8-9-10-11-12-13-14-15-16-17;1-5(2,3)4/h2-16H2,1H3;1-4H3/q;+1. The van der Waals surface area contributed by atoms with Crippen molar-refractivity contribution in [2.45, 2.75) is 96.8 Å². The fraction of sp³-hybridized carbons (Fsp3) is 1.00. The molecule has 0 saturated carbocycles. The molecule has 0 radical (unpaired) electrons. The van der Waals surface area contributed by atoms with Gasteiger partial charge in [0.2, 0.25) is 0 Å². The van der Waals surface area contributed by atoms with Gasteiger partial charge in [-0.3, -0.25) is 0 Å². The van der Waals surface area contributed by atoms with E-state index in [-0.39, 0.29) is 0 Å². The van der Waals surface area contributed by atoms with E-state index in [2.05, 4.69) is 51.0 Å². The second-order valence-electron chi connectivity index (χ2n) is 7.97. The van der Waals surface area contributed by atoms with Gasteiger partial charge in [-0.1, -0.05) is 106 Å². The van der Waals surface area contributed by atoms with E-state index in [1.165, 1.54) is 95.2 Å². The molecule has 2 heteroatoms. The molecule has 0 aromatic carbocycles. The van der Waals surface area contributed by atoms with Crippen LogP contribution in [0.5, 0.6) is 0 Å². The van der Waals surface area contributed by atoms with Crippen molar-refractivity contribution in [3.63, 3.8) is 0 Å². The van der Waals surface area contributed by atoms with E-state index in [1.54, 1.807) is 0 Å². The Kier molecular flexibility index (Phi) is 21.9. The molecule has 0 aliphatic rings. The van der Waals surface area contributed by atoms with Gasteiger partial charge in [-0.2, -0.15) is 0 Å². The third-order valence-corrected chi connectivity index (χ3v) is 4.05. The van der Waals surface area contributed by atoms with Gasteiger partial charge < -0.3 is 4.48 Å². The lowest BCUT2D eigenvalue weighted by atomic mass is 10.0. The summed E-state index contributed by atoms with van der Waals surface area (Å²) in [5.74, 6) is 0. The van der Waals surface area contributed by atoms with Gasteiger partial charge in [0.05, 0.1) is 28.2 Å². The van der Waals surface area contributed by atoms with E-state index < -0.39 is 0 Å². The topological polar surface area (TPSA) is 0 Å². The van der Waals surface area contributed by atoms with Crippen molar-refractivity contribution in [1.29, 1.82) is 0 Å². The second-order valence-corrected chi connectivity index (χ2v) is 8.76. The highest BCUT2D eigenvalue weighted by molar-refractivity contribution is 9.09. The first-order valence-electron chi connectivity index (χ1n) is 9.76. The van der Waals surface area contributed by atoms with Crippen LogP contribution in [-0.2, 0) is 0 Å². The number of halogens is 1. The molecule has 0 N–H and O–H groups in total. The van der Waals surface area contributed by atoms with Crippen LogP contribution < -0.4 is 0 Å². The third-order valence-electron chi connectivity index (χ3n) is 3.49. The van der Waals surface area contributed by atoms with Crippen LogP contribution in [-0.4, -0.2) is 38.0 Å². The van der Waals surface area contributed by atoms with E-state index in [9.17, 15) is 0 Å². The smallest absolute Gasteiger partial charge is 0.0675 e. The molecule has 0 rings (SSSR count). The summed E-state index contributed by atoms with van der Waals surface area (Å²) in [6.45, 7) is 2.29. The minimum Gasteiger partial charge on any atom is -0.333 e. The second kappa shape index (κ2) is 19.5. The lowest BCUT2D eigenvalue weighted by molar-refractivity contribution is -0.849. The zero-order valence-corrected chi connectivity index (χ0v) is 18.0. The predicted octanol–water partition coefficient (Wildman–Crippen LogP) is 7.19. The van der Waals surface area contributed by atoms with Gasteiger partial charge in [-0.05, 0) is 6.42 Å². The molecule has 22 heavy (non-hydrogen) atoms.